The Morgan fingerprint density at radius 3 is 2.80 bits per heavy atom. The summed E-state index contributed by atoms with van der Waals surface area (Å²) in [6, 6.07) is 5.52. The van der Waals surface area contributed by atoms with Gasteiger partial charge in [0.25, 0.3) is 5.91 Å². The molecule has 1 fully saturated rings. The van der Waals surface area contributed by atoms with E-state index in [1.54, 1.807) is 23.0 Å². The van der Waals surface area contributed by atoms with E-state index in [-0.39, 0.29) is 5.54 Å². The lowest BCUT2D eigenvalue weighted by Gasteiger charge is -2.16. The predicted octanol–water partition coefficient (Wildman–Crippen LogP) is 1.75. The van der Waals surface area contributed by atoms with Crippen molar-refractivity contribution in [2.24, 2.45) is 5.73 Å². The van der Waals surface area contributed by atoms with Crippen molar-refractivity contribution >= 4 is 22.6 Å². The van der Waals surface area contributed by atoms with Gasteiger partial charge < -0.3 is 11.1 Å². The highest BCUT2D eigenvalue weighted by molar-refractivity contribution is 5.98. The third-order valence-electron chi connectivity index (χ3n) is 4.35. The van der Waals surface area contributed by atoms with Crippen LogP contribution in [0.4, 0.5) is 5.69 Å². The first-order chi connectivity index (χ1) is 12.0. The van der Waals surface area contributed by atoms with Gasteiger partial charge in [0, 0.05) is 29.4 Å². The number of nitrogens with zero attached hydrogens (tertiary/aromatic N) is 5. The number of pyridine rings is 2. The van der Waals surface area contributed by atoms with Crippen LogP contribution in [0, 0.1) is 11.3 Å². The van der Waals surface area contributed by atoms with Crippen molar-refractivity contribution in [1.82, 2.24) is 19.7 Å². The average molecular weight is 333 g/mol. The fourth-order valence-corrected chi connectivity index (χ4v) is 2.65. The monoisotopic (exact) mass is 333 g/mol. The molecule has 8 heteroatoms. The Hall–Kier alpha value is -3.47. The summed E-state index contributed by atoms with van der Waals surface area (Å²) in [5, 5.41) is 17.4. The van der Waals surface area contributed by atoms with E-state index in [9.17, 15) is 4.79 Å². The maximum atomic E-state index is 11.7. The number of nitriles is 1. The van der Waals surface area contributed by atoms with Crippen LogP contribution in [-0.2, 0) is 0 Å². The molecule has 124 valence electrons. The molecule has 0 radical (unpaired) electrons. The molecular formula is C17H15N7O. The minimum atomic E-state index is -0.534. The largest absolute Gasteiger partial charge is 0.379 e. The van der Waals surface area contributed by atoms with Gasteiger partial charge in [-0.05, 0) is 25.8 Å². The van der Waals surface area contributed by atoms with Gasteiger partial charge in [0.2, 0.25) is 0 Å². The molecule has 1 aliphatic rings. The zero-order valence-corrected chi connectivity index (χ0v) is 13.5. The highest BCUT2D eigenvalue weighted by Gasteiger charge is 2.38. The van der Waals surface area contributed by atoms with E-state index >= 15 is 0 Å². The molecule has 3 aromatic heterocycles. The van der Waals surface area contributed by atoms with Gasteiger partial charge in [-0.15, -0.1) is 0 Å². The van der Waals surface area contributed by atoms with Gasteiger partial charge in [0.15, 0.2) is 11.5 Å². The van der Waals surface area contributed by atoms with Crippen molar-refractivity contribution in [3.63, 3.8) is 0 Å². The number of anilines is 1. The van der Waals surface area contributed by atoms with Crippen LogP contribution < -0.4 is 11.1 Å². The molecule has 0 aliphatic heterocycles. The number of primary amides is 1. The second-order valence-electron chi connectivity index (χ2n) is 6.44. The molecule has 0 unspecified atom stereocenters. The van der Waals surface area contributed by atoms with Crippen molar-refractivity contribution < 1.29 is 4.79 Å². The maximum Gasteiger partial charge on any atom is 0.252 e. The topological polar surface area (TPSA) is 123 Å². The minimum Gasteiger partial charge on any atom is -0.379 e. The van der Waals surface area contributed by atoms with Crippen LogP contribution in [0.3, 0.4) is 0 Å². The molecule has 0 aromatic carbocycles. The van der Waals surface area contributed by atoms with Gasteiger partial charge in [-0.3, -0.25) is 4.79 Å². The Morgan fingerprint density at radius 2 is 2.12 bits per heavy atom. The molecule has 3 heterocycles. The maximum absolute atomic E-state index is 11.7. The third kappa shape index (κ3) is 2.65. The van der Waals surface area contributed by atoms with Gasteiger partial charge in [0.05, 0.1) is 23.0 Å². The van der Waals surface area contributed by atoms with E-state index in [0.29, 0.717) is 28.3 Å². The first kappa shape index (κ1) is 15.1. The lowest BCUT2D eigenvalue weighted by atomic mass is 10.2. The fourth-order valence-electron chi connectivity index (χ4n) is 2.65. The molecular weight excluding hydrogens is 318 g/mol. The SMILES string of the molecule is CC1(Nc2cc(-n3ncc4cc(C#N)cnc43)ncc2C(N)=O)CC1. The van der Waals surface area contributed by atoms with Gasteiger partial charge in [0.1, 0.15) is 6.07 Å². The number of fused-ring (bicyclic) bond motifs is 1. The standard InChI is InChI=1S/C17H15N7O/c1-17(2-3-17)23-13-5-14(20-9-12(13)15(19)25)24-16-11(8-22-24)4-10(6-18)7-21-16/h4-5,7-9H,2-3H2,1H3,(H2,19,25)(H,20,23). The Labute approximate surface area is 143 Å². The molecule has 1 amide bonds. The van der Waals surface area contributed by atoms with Crippen molar-refractivity contribution in [1.29, 1.82) is 5.26 Å². The summed E-state index contributed by atoms with van der Waals surface area (Å²) in [5.41, 5.74) is 7.47. The summed E-state index contributed by atoms with van der Waals surface area (Å²) in [6.07, 6.45) is 6.63. The second kappa shape index (κ2) is 5.27. The molecule has 0 bridgehead atoms. The molecule has 0 spiro atoms. The Kier molecular flexibility index (Phi) is 3.18. The number of nitrogens with two attached hydrogens (primary N) is 1. The Bertz CT molecular complexity index is 1040. The van der Waals surface area contributed by atoms with Crippen molar-refractivity contribution in [2.45, 2.75) is 25.3 Å². The molecule has 4 rings (SSSR count). The third-order valence-corrected chi connectivity index (χ3v) is 4.35. The molecule has 8 nitrogen and oxygen atoms in total. The summed E-state index contributed by atoms with van der Waals surface area (Å²) in [6.45, 7) is 2.09. The summed E-state index contributed by atoms with van der Waals surface area (Å²) in [5.74, 6) is -0.0168. The highest BCUT2D eigenvalue weighted by atomic mass is 16.1. The summed E-state index contributed by atoms with van der Waals surface area (Å²) < 4.78 is 1.57. The number of hydrogen-bond acceptors (Lipinski definition) is 6. The number of carbonyl (C=O) groups excluding carboxylic acids is 1. The Morgan fingerprint density at radius 1 is 1.32 bits per heavy atom. The van der Waals surface area contributed by atoms with Crippen LogP contribution in [0.2, 0.25) is 0 Å². The van der Waals surface area contributed by atoms with Crippen molar-refractivity contribution in [3.8, 4) is 11.9 Å². The normalized spacial score (nSPS) is 14.9. The van der Waals surface area contributed by atoms with E-state index in [0.717, 1.165) is 18.2 Å². The quantitative estimate of drug-likeness (QED) is 0.750. The number of carbonyl (C=O) groups is 1. The van der Waals surface area contributed by atoms with Crippen LogP contribution in [0.5, 0.6) is 0 Å². The van der Waals surface area contributed by atoms with Gasteiger partial charge in [-0.25, -0.2) is 9.97 Å². The number of amides is 1. The minimum absolute atomic E-state index is 0.0189. The average Bonchev–Trinajstić information content (AvgIpc) is 3.17. The summed E-state index contributed by atoms with van der Waals surface area (Å²) in [4.78, 5) is 20.3. The summed E-state index contributed by atoms with van der Waals surface area (Å²) >= 11 is 0. The highest BCUT2D eigenvalue weighted by Crippen LogP contribution is 2.39. The van der Waals surface area contributed by atoms with Crippen LogP contribution in [0.1, 0.15) is 35.7 Å². The molecule has 3 N–H and O–H groups in total. The van der Waals surface area contributed by atoms with Crippen molar-refractivity contribution in [2.75, 3.05) is 5.32 Å². The van der Waals surface area contributed by atoms with Gasteiger partial charge in [-0.2, -0.15) is 15.0 Å². The first-order valence-electron chi connectivity index (χ1n) is 7.81. The van der Waals surface area contributed by atoms with Crippen LogP contribution in [0.15, 0.2) is 30.7 Å². The van der Waals surface area contributed by atoms with E-state index in [2.05, 4.69) is 33.4 Å². The first-order valence-corrected chi connectivity index (χ1v) is 7.81. The van der Waals surface area contributed by atoms with E-state index in [1.807, 2.05) is 0 Å². The number of hydrogen-bond donors (Lipinski definition) is 2. The second-order valence-corrected chi connectivity index (χ2v) is 6.44. The number of nitrogens with one attached hydrogen (secondary N) is 1. The fraction of sp³-hybridized carbons (Fsp3) is 0.235. The summed E-state index contributed by atoms with van der Waals surface area (Å²) in [7, 11) is 0. The lowest BCUT2D eigenvalue weighted by molar-refractivity contribution is 0.100. The zero-order chi connectivity index (χ0) is 17.6. The van der Waals surface area contributed by atoms with E-state index < -0.39 is 5.91 Å². The van der Waals surface area contributed by atoms with Gasteiger partial charge in [-0.1, -0.05) is 0 Å². The number of aromatic nitrogens is 4. The zero-order valence-electron chi connectivity index (χ0n) is 13.5. The molecule has 1 aliphatic carbocycles. The van der Waals surface area contributed by atoms with E-state index in [4.69, 9.17) is 11.0 Å². The molecule has 3 aromatic rings. The van der Waals surface area contributed by atoms with E-state index in [1.165, 1.54) is 12.4 Å². The van der Waals surface area contributed by atoms with Crippen LogP contribution in [-0.4, -0.2) is 31.2 Å². The molecule has 1 saturated carbocycles. The Balaban J connectivity index is 1.82. The van der Waals surface area contributed by atoms with Crippen LogP contribution in [0.25, 0.3) is 16.9 Å². The van der Waals surface area contributed by atoms with Gasteiger partial charge >= 0.3 is 0 Å². The smallest absolute Gasteiger partial charge is 0.252 e. The van der Waals surface area contributed by atoms with Crippen molar-refractivity contribution in [3.05, 3.63) is 41.9 Å². The number of rotatable bonds is 4. The molecule has 0 atom stereocenters. The molecule has 0 saturated heterocycles. The predicted molar refractivity (Wildman–Crippen MR) is 91.2 cm³/mol. The molecule has 25 heavy (non-hydrogen) atoms. The van der Waals surface area contributed by atoms with Crippen LogP contribution >= 0.6 is 0 Å². The lowest BCUT2D eigenvalue weighted by Crippen LogP contribution is -2.21.